The maximum absolute atomic E-state index is 13.9. The third-order valence-electron chi connectivity index (χ3n) is 5.95. The maximum Gasteiger partial charge on any atom is 0.338 e. The highest BCUT2D eigenvalue weighted by Crippen LogP contribution is 2.38. The highest BCUT2D eigenvalue weighted by atomic mass is 79.9. The zero-order valence-electron chi connectivity index (χ0n) is 21.1. The number of phenolic OH excluding ortho intramolecular Hbond substituents is 1. The third kappa shape index (κ3) is 5.56. The fourth-order valence-corrected chi connectivity index (χ4v) is 6.15. The lowest BCUT2D eigenvalue weighted by Crippen LogP contribution is -2.40. The molecule has 1 aromatic heterocycles. The molecule has 4 rings (SSSR count). The van der Waals surface area contributed by atoms with E-state index in [0.29, 0.717) is 39.1 Å². The van der Waals surface area contributed by atoms with Crippen LogP contribution in [0.15, 0.2) is 60.3 Å². The molecule has 13 heteroatoms. The molecule has 2 aromatic carbocycles. The molecule has 3 aromatic rings. The second-order valence-electron chi connectivity index (χ2n) is 8.42. The minimum Gasteiger partial charge on any atom is -0.506 e. The Balaban J connectivity index is 2.07. The van der Waals surface area contributed by atoms with Gasteiger partial charge in [-0.3, -0.25) is 19.5 Å². The smallest absolute Gasteiger partial charge is 0.338 e. The van der Waals surface area contributed by atoms with Crippen molar-refractivity contribution in [3.8, 4) is 11.5 Å². The van der Waals surface area contributed by atoms with E-state index >= 15 is 0 Å². The molecule has 0 radical (unpaired) electrons. The summed E-state index contributed by atoms with van der Waals surface area (Å²) < 4.78 is 13.4. The van der Waals surface area contributed by atoms with Gasteiger partial charge in [0.05, 0.1) is 38.9 Å². The number of allylic oxidation sites excluding steroid dienone is 1. The molecule has 0 unspecified atom stereocenters. The van der Waals surface area contributed by atoms with E-state index in [0.717, 1.165) is 11.3 Å². The van der Waals surface area contributed by atoms with Gasteiger partial charge in [-0.15, -0.1) is 0 Å². The number of nitro benzene ring substituents is 1. The molecule has 0 saturated carbocycles. The predicted molar refractivity (Wildman–Crippen MR) is 153 cm³/mol. The molecule has 0 saturated heterocycles. The number of aromatic nitrogens is 1. The molecule has 204 valence electrons. The van der Waals surface area contributed by atoms with Crippen LogP contribution in [0.4, 0.5) is 5.69 Å². The molecule has 2 heterocycles. The van der Waals surface area contributed by atoms with Crippen LogP contribution in [-0.4, -0.2) is 34.3 Å². The van der Waals surface area contributed by atoms with Crippen molar-refractivity contribution in [2.75, 3.05) is 13.7 Å². The number of phenols is 1. The molecule has 1 atom stereocenters. The molecule has 0 fully saturated rings. The molecule has 0 aliphatic carbocycles. The first kappa shape index (κ1) is 28.7. The van der Waals surface area contributed by atoms with Gasteiger partial charge in [-0.1, -0.05) is 40.6 Å². The van der Waals surface area contributed by atoms with E-state index < -0.39 is 22.5 Å². The average Bonchev–Trinajstić information content (AvgIpc) is 3.20. The van der Waals surface area contributed by atoms with Gasteiger partial charge < -0.3 is 14.6 Å². The molecule has 1 aliphatic rings. The van der Waals surface area contributed by atoms with E-state index in [1.165, 1.54) is 29.9 Å². The highest BCUT2D eigenvalue weighted by molar-refractivity contribution is 9.10. The van der Waals surface area contributed by atoms with Gasteiger partial charge >= 0.3 is 5.97 Å². The number of hydrogen-bond acceptors (Lipinski definition) is 9. The average molecular weight is 681 g/mol. The van der Waals surface area contributed by atoms with Gasteiger partial charge in [0.15, 0.2) is 4.80 Å². The summed E-state index contributed by atoms with van der Waals surface area (Å²) in [7, 11) is 1.50. The number of fused-ring (bicyclic) bond motifs is 1. The van der Waals surface area contributed by atoms with Crippen LogP contribution in [0, 0.1) is 10.1 Å². The summed E-state index contributed by atoms with van der Waals surface area (Å²) in [5.74, 6) is -0.389. The third-order valence-corrected chi connectivity index (χ3v) is 8.03. The number of carbonyl (C=O) groups excluding carboxylic acids is 1. The Morgan fingerprint density at radius 2 is 2.03 bits per heavy atom. The number of thiazole rings is 1. The van der Waals surface area contributed by atoms with Crippen molar-refractivity contribution in [3.63, 3.8) is 0 Å². The van der Waals surface area contributed by atoms with Crippen LogP contribution < -0.4 is 19.6 Å². The molecule has 1 aliphatic heterocycles. The van der Waals surface area contributed by atoms with Crippen molar-refractivity contribution in [1.82, 2.24) is 4.57 Å². The molecule has 0 bridgehead atoms. The SMILES string of the molecule is CCCC1=C(C(=O)OCC)[C@H](c2cc(Br)ccc2OC)n2c(s/c(=C/c3cc([N+](=O)[O-])cc(Br)c3O)c2=O)=N1. The Morgan fingerprint density at radius 1 is 1.28 bits per heavy atom. The Hall–Kier alpha value is -3.29. The van der Waals surface area contributed by atoms with E-state index in [1.54, 1.807) is 25.1 Å². The standard InChI is InChI=1S/C26H23Br2N3O7S/c1-4-6-18-21(25(34)38-5-2)22(16-11-14(27)7-8-19(16)37-3)30-24(33)20(39-26(30)29-18)10-13-9-15(31(35)36)12-17(28)23(13)32/h7-12,22,32H,4-6H2,1-3H3/b20-10+/t22-/m0/s1. The fourth-order valence-electron chi connectivity index (χ4n) is 4.30. The number of nitrogens with zero attached hydrogens (tertiary/aromatic N) is 3. The van der Waals surface area contributed by atoms with Crippen LogP contribution in [0.5, 0.6) is 11.5 Å². The van der Waals surface area contributed by atoms with Gasteiger partial charge in [0.2, 0.25) is 0 Å². The Bertz CT molecular complexity index is 1690. The summed E-state index contributed by atoms with van der Waals surface area (Å²) in [4.78, 5) is 43.1. The molecule has 1 N–H and O–H groups in total. The lowest BCUT2D eigenvalue weighted by atomic mass is 9.93. The van der Waals surface area contributed by atoms with Crippen molar-refractivity contribution in [1.29, 1.82) is 0 Å². The van der Waals surface area contributed by atoms with E-state index in [9.17, 15) is 24.8 Å². The van der Waals surface area contributed by atoms with Crippen molar-refractivity contribution in [3.05, 3.63) is 91.5 Å². The molecule has 0 amide bonds. The number of ether oxygens (including phenoxy) is 2. The topological polar surface area (TPSA) is 133 Å². The zero-order chi connectivity index (χ0) is 28.4. The van der Waals surface area contributed by atoms with E-state index in [1.807, 2.05) is 6.92 Å². The Labute approximate surface area is 243 Å². The Morgan fingerprint density at radius 3 is 2.67 bits per heavy atom. The molecule has 10 nitrogen and oxygen atoms in total. The van der Waals surface area contributed by atoms with E-state index in [-0.39, 0.29) is 38.2 Å². The number of hydrogen-bond donors (Lipinski definition) is 1. The van der Waals surface area contributed by atoms with Gasteiger partial charge in [0, 0.05) is 27.7 Å². The number of non-ortho nitro benzene ring substituents is 1. The van der Waals surface area contributed by atoms with Gasteiger partial charge in [-0.05, 0) is 53.5 Å². The van der Waals surface area contributed by atoms with Gasteiger partial charge in [0.1, 0.15) is 17.5 Å². The summed E-state index contributed by atoms with van der Waals surface area (Å²) in [5.41, 5.74) is 0.602. The summed E-state index contributed by atoms with van der Waals surface area (Å²) in [6, 6.07) is 6.74. The maximum atomic E-state index is 13.9. The van der Waals surface area contributed by atoms with Crippen molar-refractivity contribution in [2.45, 2.75) is 32.7 Å². The zero-order valence-corrected chi connectivity index (χ0v) is 25.1. The predicted octanol–water partition coefficient (Wildman–Crippen LogP) is 4.73. The normalized spacial score (nSPS) is 15.1. The van der Waals surface area contributed by atoms with Crippen molar-refractivity contribution < 1.29 is 24.3 Å². The van der Waals surface area contributed by atoms with Crippen LogP contribution in [0.25, 0.3) is 6.08 Å². The van der Waals surface area contributed by atoms with Crippen molar-refractivity contribution in [2.24, 2.45) is 4.99 Å². The van der Waals surface area contributed by atoms with E-state index in [4.69, 9.17) is 14.5 Å². The number of methoxy groups -OCH3 is 1. The van der Waals surface area contributed by atoms with Crippen LogP contribution in [0.3, 0.4) is 0 Å². The van der Waals surface area contributed by atoms with E-state index in [2.05, 4.69) is 31.9 Å². The molecular formula is C26H23Br2N3O7S. The van der Waals surface area contributed by atoms with Crippen molar-refractivity contribution >= 4 is 60.9 Å². The number of benzene rings is 2. The van der Waals surface area contributed by atoms with Crippen LogP contribution >= 0.6 is 43.2 Å². The van der Waals surface area contributed by atoms with Crippen LogP contribution in [0.1, 0.15) is 43.9 Å². The fraction of sp³-hybridized carbons (Fsp3) is 0.269. The number of carbonyl (C=O) groups is 1. The summed E-state index contributed by atoms with van der Waals surface area (Å²) in [5, 5.41) is 21.9. The molecular weight excluding hydrogens is 658 g/mol. The monoisotopic (exact) mass is 679 g/mol. The largest absolute Gasteiger partial charge is 0.506 e. The van der Waals surface area contributed by atoms with Gasteiger partial charge in [-0.2, -0.15) is 0 Å². The lowest BCUT2D eigenvalue weighted by Gasteiger charge is -2.27. The molecule has 39 heavy (non-hydrogen) atoms. The number of aromatic hydroxyl groups is 1. The summed E-state index contributed by atoms with van der Waals surface area (Å²) in [6.45, 7) is 3.79. The first-order valence-electron chi connectivity index (χ1n) is 11.8. The summed E-state index contributed by atoms with van der Waals surface area (Å²) >= 11 is 7.66. The number of nitro groups is 1. The number of halogens is 2. The first-order valence-corrected chi connectivity index (χ1v) is 14.2. The molecule has 0 spiro atoms. The van der Waals surface area contributed by atoms with Gasteiger partial charge in [-0.25, -0.2) is 9.79 Å². The first-order chi connectivity index (χ1) is 18.6. The Kier molecular flexibility index (Phi) is 8.72. The highest BCUT2D eigenvalue weighted by Gasteiger charge is 2.36. The summed E-state index contributed by atoms with van der Waals surface area (Å²) in [6.07, 6.45) is 2.53. The lowest BCUT2D eigenvalue weighted by molar-refractivity contribution is -0.385. The van der Waals surface area contributed by atoms with Crippen LogP contribution in [-0.2, 0) is 9.53 Å². The second kappa shape index (κ2) is 11.8. The van der Waals surface area contributed by atoms with Gasteiger partial charge in [0.25, 0.3) is 11.2 Å². The minimum absolute atomic E-state index is 0.0799. The number of esters is 1. The minimum atomic E-state index is -0.915. The quantitative estimate of drug-likeness (QED) is 0.207. The van der Waals surface area contributed by atoms with Crippen LogP contribution in [0.2, 0.25) is 0 Å². The second-order valence-corrected chi connectivity index (χ2v) is 11.2. The number of rotatable bonds is 8.